The monoisotopic (exact) mass is 414 g/mol. The summed E-state index contributed by atoms with van der Waals surface area (Å²) in [4.78, 5) is 27.2. The number of benzene rings is 2. The summed E-state index contributed by atoms with van der Waals surface area (Å²) in [5.74, 6) is -0.543. The van der Waals surface area contributed by atoms with Crippen LogP contribution >= 0.6 is 0 Å². The van der Waals surface area contributed by atoms with Gasteiger partial charge in [0.2, 0.25) is 11.8 Å². The molecule has 0 aromatic heterocycles. The van der Waals surface area contributed by atoms with Crippen LogP contribution in [0.5, 0.6) is 0 Å². The predicted molar refractivity (Wildman–Crippen MR) is 114 cm³/mol. The molecule has 2 aromatic rings. The van der Waals surface area contributed by atoms with Crippen molar-refractivity contribution in [2.24, 2.45) is 5.92 Å². The molecule has 3 rings (SSSR count). The Morgan fingerprint density at radius 3 is 2.62 bits per heavy atom. The Morgan fingerprint density at radius 2 is 1.93 bits per heavy atom. The summed E-state index contributed by atoms with van der Waals surface area (Å²) < 4.78 is 23.4. The summed E-state index contributed by atoms with van der Waals surface area (Å²) in [5, 5.41) is 2.76. The second-order valence-corrected chi connectivity index (χ2v) is 9.58. The summed E-state index contributed by atoms with van der Waals surface area (Å²) >= 11 is 0. The fourth-order valence-electron chi connectivity index (χ4n) is 3.53. The van der Waals surface area contributed by atoms with Crippen molar-refractivity contribution in [2.45, 2.75) is 37.5 Å². The summed E-state index contributed by atoms with van der Waals surface area (Å²) in [5.41, 5.74) is 2.37. The lowest BCUT2D eigenvalue weighted by Crippen LogP contribution is -2.29. The zero-order chi connectivity index (χ0) is 21.2. The van der Waals surface area contributed by atoms with E-state index in [0.29, 0.717) is 18.2 Å². The van der Waals surface area contributed by atoms with Crippen LogP contribution in [0, 0.1) is 5.92 Å². The molecule has 0 spiro atoms. The van der Waals surface area contributed by atoms with Gasteiger partial charge in [-0.05, 0) is 42.2 Å². The normalized spacial score (nSPS) is 18.0. The van der Waals surface area contributed by atoms with Gasteiger partial charge < -0.3 is 10.2 Å². The summed E-state index contributed by atoms with van der Waals surface area (Å²) in [6, 6.07) is 14.0. The molecule has 1 aliphatic heterocycles. The largest absolute Gasteiger partial charge is 0.326 e. The van der Waals surface area contributed by atoms with E-state index in [1.165, 1.54) is 12.1 Å². The molecule has 2 unspecified atom stereocenters. The van der Waals surface area contributed by atoms with Gasteiger partial charge in [0, 0.05) is 30.6 Å². The van der Waals surface area contributed by atoms with Crippen molar-refractivity contribution in [2.75, 3.05) is 23.0 Å². The summed E-state index contributed by atoms with van der Waals surface area (Å²) in [7, 11) is -3.36. The van der Waals surface area contributed by atoms with Crippen LogP contribution in [0.1, 0.15) is 38.2 Å². The van der Waals surface area contributed by atoms with E-state index in [1.807, 2.05) is 24.3 Å². The molecule has 1 heterocycles. The van der Waals surface area contributed by atoms with Crippen molar-refractivity contribution in [3.63, 3.8) is 0 Å². The van der Waals surface area contributed by atoms with Crippen LogP contribution in [0.25, 0.3) is 0 Å². The topological polar surface area (TPSA) is 83.6 Å². The Hall–Kier alpha value is -2.67. The van der Waals surface area contributed by atoms with E-state index in [4.69, 9.17) is 0 Å². The highest BCUT2D eigenvalue weighted by Gasteiger charge is 2.36. The average molecular weight is 415 g/mol. The number of nitrogens with zero attached hydrogens (tertiary/aromatic N) is 1. The lowest BCUT2D eigenvalue weighted by molar-refractivity contribution is -0.122. The second-order valence-electron chi connectivity index (χ2n) is 7.56. The molecule has 1 saturated heterocycles. The number of carbonyl (C=O) groups is 2. The highest BCUT2D eigenvalue weighted by atomic mass is 32.2. The number of rotatable bonds is 6. The average Bonchev–Trinajstić information content (AvgIpc) is 3.08. The number of carbonyl (C=O) groups excluding carboxylic acids is 2. The van der Waals surface area contributed by atoms with Gasteiger partial charge in [0.05, 0.1) is 10.8 Å². The van der Waals surface area contributed by atoms with Crippen LogP contribution in [0.15, 0.2) is 53.4 Å². The number of sulfone groups is 1. The zero-order valence-corrected chi connectivity index (χ0v) is 17.7. The molecule has 2 aromatic carbocycles. The van der Waals surface area contributed by atoms with E-state index >= 15 is 0 Å². The van der Waals surface area contributed by atoms with Gasteiger partial charge in [0.15, 0.2) is 9.84 Å². The first-order valence-electron chi connectivity index (χ1n) is 9.71. The summed E-state index contributed by atoms with van der Waals surface area (Å²) in [6.45, 7) is 4.54. The van der Waals surface area contributed by atoms with Gasteiger partial charge in [-0.1, -0.05) is 38.1 Å². The fraction of sp³-hybridized carbons (Fsp3) is 0.364. The van der Waals surface area contributed by atoms with E-state index < -0.39 is 15.8 Å². The molecule has 7 heteroatoms. The first-order valence-corrected chi connectivity index (χ1v) is 11.6. The molecule has 2 amide bonds. The van der Waals surface area contributed by atoms with Gasteiger partial charge in [-0.15, -0.1) is 0 Å². The van der Waals surface area contributed by atoms with E-state index in [9.17, 15) is 18.0 Å². The predicted octanol–water partition coefficient (Wildman–Crippen LogP) is 3.60. The number of hydrogen-bond acceptors (Lipinski definition) is 4. The molecule has 2 atom stereocenters. The molecule has 154 valence electrons. The van der Waals surface area contributed by atoms with Gasteiger partial charge in [-0.3, -0.25) is 9.59 Å². The first kappa shape index (κ1) is 21.0. The molecule has 0 aliphatic carbocycles. The third-order valence-corrected chi connectivity index (χ3v) is 6.51. The number of para-hydroxylation sites is 1. The lowest BCUT2D eigenvalue weighted by Gasteiger charge is -2.23. The van der Waals surface area contributed by atoms with Gasteiger partial charge in [-0.25, -0.2) is 8.42 Å². The molecular formula is C22H26N2O4S. The van der Waals surface area contributed by atoms with E-state index in [1.54, 1.807) is 17.0 Å². The van der Waals surface area contributed by atoms with Gasteiger partial charge >= 0.3 is 0 Å². The Labute approximate surface area is 171 Å². The van der Waals surface area contributed by atoms with Crippen LogP contribution in [0.4, 0.5) is 11.4 Å². The standard InChI is InChI=1S/C22H26N2O4S/c1-4-15(2)19-10-5-6-11-20(19)24-14-16(12-21(24)25)22(26)23-17-8-7-9-18(13-17)29(3,27)28/h5-11,13,15-16H,4,12,14H2,1-3H3,(H,23,26). The van der Waals surface area contributed by atoms with Gasteiger partial charge in [0.25, 0.3) is 0 Å². The van der Waals surface area contributed by atoms with Gasteiger partial charge in [0.1, 0.15) is 0 Å². The maximum Gasteiger partial charge on any atom is 0.229 e. The minimum absolute atomic E-state index is 0.0780. The van der Waals surface area contributed by atoms with Crippen LogP contribution in [0.3, 0.4) is 0 Å². The molecule has 6 nitrogen and oxygen atoms in total. The maximum atomic E-state index is 12.7. The zero-order valence-electron chi connectivity index (χ0n) is 16.9. The number of anilines is 2. The minimum atomic E-state index is -3.36. The molecule has 0 radical (unpaired) electrons. The fourth-order valence-corrected chi connectivity index (χ4v) is 4.20. The van der Waals surface area contributed by atoms with Gasteiger partial charge in [-0.2, -0.15) is 0 Å². The Kier molecular flexibility index (Phi) is 6.07. The molecule has 0 saturated carbocycles. The highest BCUT2D eigenvalue weighted by molar-refractivity contribution is 7.90. The van der Waals surface area contributed by atoms with Crippen molar-refractivity contribution in [1.82, 2.24) is 0 Å². The molecular weight excluding hydrogens is 388 g/mol. The summed E-state index contributed by atoms with van der Waals surface area (Å²) in [6.07, 6.45) is 2.21. The number of hydrogen-bond donors (Lipinski definition) is 1. The van der Waals surface area contributed by atoms with Crippen molar-refractivity contribution < 1.29 is 18.0 Å². The van der Waals surface area contributed by atoms with Crippen LogP contribution in [0.2, 0.25) is 0 Å². The van der Waals surface area contributed by atoms with Crippen LogP contribution < -0.4 is 10.2 Å². The highest BCUT2D eigenvalue weighted by Crippen LogP contribution is 2.33. The van der Waals surface area contributed by atoms with E-state index in [2.05, 4.69) is 19.2 Å². The molecule has 29 heavy (non-hydrogen) atoms. The van der Waals surface area contributed by atoms with Crippen molar-refractivity contribution in [1.29, 1.82) is 0 Å². The van der Waals surface area contributed by atoms with Crippen molar-refractivity contribution in [3.8, 4) is 0 Å². The van der Waals surface area contributed by atoms with Crippen LogP contribution in [-0.2, 0) is 19.4 Å². The molecule has 1 fully saturated rings. The smallest absolute Gasteiger partial charge is 0.229 e. The SMILES string of the molecule is CCC(C)c1ccccc1N1CC(C(=O)Nc2cccc(S(C)(=O)=O)c2)CC1=O. The van der Waals surface area contributed by atoms with Crippen molar-refractivity contribution >= 4 is 33.0 Å². The second kappa shape index (κ2) is 8.37. The lowest BCUT2D eigenvalue weighted by atomic mass is 9.96. The van der Waals surface area contributed by atoms with E-state index in [0.717, 1.165) is 23.9 Å². The Balaban J connectivity index is 1.77. The van der Waals surface area contributed by atoms with E-state index in [-0.39, 0.29) is 23.1 Å². The quantitative estimate of drug-likeness (QED) is 0.783. The maximum absolute atomic E-state index is 12.7. The van der Waals surface area contributed by atoms with Crippen molar-refractivity contribution in [3.05, 3.63) is 54.1 Å². The number of amides is 2. The third kappa shape index (κ3) is 4.67. The molecule has 1 N–H and O–H groups in total. The Bertz CT molecular complexity index is 1030. The molecule has 0 bridgehead atoms. The Morgan fingerprint density at radius 1 is 1.21 bits per heavy atom. The third-order valence-electron chi connectivity index (χ3n) is 5.40. The number of nitrogens with one attached hydrogen (secondary N) is 1. The minimum Gasteiger partial charge on any atom is -0.326 e. The first-order chi connectivity index (χ1) is 13.7. The molecule has 1 aliphatic rings. The van der Waals surface area contributed by atoms with Crippen LogP contribution in [-0.4, -0.2) is 33.0 Å².